The van der Waals surface area contributed by atoms with E-state index in [1.165, 1.54) is 6.08 Å². The van der Waals surface area contributed by atoms with E-state index in [4.69, 9.17) is 5.11 Å². The Morgan fingerprint density at radius 2 is 1.70 bits per heavy atom. The van der Waals surface area contributed by atoms with Crippen molar-refractivity contribution in [3.8, 4) is 0 Å². The van der Waals surface area contributed by atoms with Gasteiger partial charge in [-0.1, -0.05) is 6.08 Å². The molecule has 0 radical (unpaired) electrons. The molecule has 0 saturated carbocycles. The molecule has 0 fully saturated rings. The summed E-state index contributed by atoms with van der Waals surface area (Å²) in [6.07, 6.45) is 1.23. The molecule has 1 heterocycles. The maximum atomic E-state index is 11.9. The van der Waals surface area contributed by atoms with Gasteiger partial charge >= 0.3 is 23.0 Å². The Bertz CT molecular complexity index is 709. The number of ether oxygens (including phenoxy) is 1. The minimum Gasteiger partial charge on any atom is -0.480 e. The van der Waals surface area contributed by atoms with Gasteiger partial charge in [0.2, 0.25) is 0 Å². The number of aromatic nitrogens is 3. The summed E-state index contributed by atoms with van der Waals surface area (Å²) in [6.45, 7) is 1.49. The fraction of sp³-hybridized carbons (Fsp3) is 0.300. The highest BCUT2D eigenvalue weighted by Crippen LogP contribution is 1.79. The zero-order chi connectivity index (χ0) is 15.3. The lowest BCUT2D eigenvalue weighted by Crippen LogP contribution is -2.55. The summed E-state index contributed by atoms with van der Waals surface area (Å²) < 4.78 is 5.68. The Hall–Kier alpha value is -2.91. The predicted molar refractivity (Wildman–Crippen MR) is 64.2 cm³/mol. The molecule has 10 nitrogen and oxygen atoms in total. The summed E-state index contributed by atoms with van der Waals surface area (Å²) in [6, 6.07) is 0. The standard InChI is InChI=1S/C10H11N3O7/c1-2-3-11-8(17)12(4-7(15)16)10(19)13(9(11)18)5-20-6-14/h2,6H,1,3-5H2,(H,15,16). The highest BCUT2D eigenvalue weighted by molar-refractivity contribution is 5.66. The summed E-state index contributed by atoms with van der Waals surface area (Å²) in [5.41, 5.74) is -3.28. The topological polar surface area (TPSA) is 130 Å². The van der Waals surface area contributed by atoms with Crippen LogP contribution in [0.4, 0.5) is 0 Å². The molecule has 1 rings (SSSR count). The van der Waals surface area contributed by atoms with Crippen molar-refractivity contribution in [1.82, 2.24) is 13.7 Å². The molecule has 0 atom stereocenters. The molecule has 0 saturated heterocycles. The van der Waals surface area contributed by atoms with Gasteiger partial charge in [0.15, 0.2) is 6.73 Å². The van der Waals surface area contributed by atoms with Gasteiger partial charge in [0.25, 0.3) is 6.47 Å². The van der Waals surface area contributed by atoms with Gasteiger partial charge in [-0.2, -0.15) is 0 Å². The molecule has 10 heteroatoms. The number of nitrogens with zero attached hydrogens (tertiary/aromatic N) is 3. The van der Waals surface area contributed by atoms with Crippen LogP contribution in [0.15, 0.2) is 27.0 Å². The molecular weight excluding hydrogens is 274 g/mol. The van der Waals surface area contributed by atoms with Gasteiger partial charge in [-0.25, -0.2) is 28.1 Å². The molecule has 0 aliphatic rings. The van der Waals surface area contributed by atoms with E-state index >= 15 is 0 Å². The van der Waals surface area contributed by atoms with E-state index in [0.29, 0.717) is 13.7 Å². The molecule has 0 amide bonds. The number of rotatable bonds is 7. The first-order valence-electron chi connectivity index (χ1n) is 5.26. The summed E-state index contributed by atoms with van der Waals surface area (Å²) in [5, 5.41) is 8.67. The van der Waals surface area contributed by atoms with Crippen molar-refractivity contribution < 1.29 is 19.4 Å². The number of hydrogen-bond donors (Lipinski definition) is 1. The summed E-state index contributed by atoms with van der Waals surface area (Å²) >= 11 is 0. The molecular formula is C10H11N3O7. The van der Waals surface area contributed by atoms with Gasteiger partial charge in [-0.05, 0) is 0 Å². The van der Waals surface area contributed by atoms with E-state index in [2.05, 4.69) is 11.3 Å². The van der Waals surface area contributed by atoms with Crippen molar-refractivity contribution in [2.45, 2.75) is 19.8 Å². The van der Waals surface area contributed by atoms with Crippen molar-refractivity contribution in [2.75, 3.05) is 0 Å². The predicted octanol–water partition coefficient (Wildman–Crippen LogP) is -2.43. The molecule has 0 aliphatic carbocycles. The Labute approximate surface area is 110 Å². The molecule has 0 spiro atoms. The minimum atomic E-state index is -1.43. The zero-order valence-corrected chi connectivity index (χ0v) is 10.2. The monoisotopic (exact) mass is 285 g/mol. The van der Waals surface area contributed by atoms with Gasteiger partial charge in [0.1, 0.15) is 6.54 Å². The number of carbonyl (C=O) groups is 2. The first kappa shape index (κ1) is 15.1. The number of allylic oxidation sites excluding steroid dienone is 1. The van der Waals surface area contributed by atoms with Gasteiger partial charge < -0.3 is 9.84 Å². The first-order valence-corrected chi connectivity index (χ1v) is 5.26. The van der Waals surface area contributed by atoms with Crippen molar-refractivity contribution in [1.29, 1.82) is 0 Å². The SMILES string of the molecule is C=CCn1c(=O)n(COC=O)c(=O)n(CC(=O)O)c1=O. The lowest BCUT2D eigenvalue weighted by Gasteiger charge is -2.10. The minimum absolute atomic E-state index is 0.0103. The number of carbonyl (C=O) groups excluding carboxylic acids is 1. The second-order valence-electron chi connectivity index (χ2n) is 3.55. The van der Waals surface area contributed by atoms with E-state index in [9.17, 15) is 24.0 Å². The largest absolute Gasteiger partial charge is 0.480 e. The quantitative estimate of drug-likeness (QED) is 0.435. The Balaban J connectivity index is 3.63. The van der Waals surface area contributed by atoms with Crippen LogP contribution in [0.5, 0.6) is 0 Å². The van der Waals surface area contributed by atoms with Crippen LogP contribution in [0.2, 0.25) is 0 Å². The van der Waals surface area contributed by atoms with Crippen molar-refractivity contribution in [2.24, 2.45) is 0 Å². The first-order chi connectivity index (χ1) is 9.43. The average molecular weight is 285 g/mol. The van der Waals surface area contributed by atoms with Crippen LogP contribution in [0.25, 0.3) is 0 Å². The van der Waals surface area contributed by atoms with E-state index < -0.39 is 36.3 Å². The van der Waals surface area contributed by atoms with E-state index in [0.717, 1.165) is 0 Å². The molecule has 108 valence electrons. The maximum Gasteiger partial charge on any atom is 0.339 e. The summed E-state index contributed by atoms with van der Waals surface area (Å²) in [4.78, 5) is 56.3. The van der Waals surface area contributed by atoms with Crippen molar-refractivity contribution in [3.63, 3.8) is 0 Å². The smallest absolute Gasteiger partial charge is 0.339 e. The number of carboxylic acid groups (broad SMARTS) is 1. The van der Waals surface area contributed by atoms with Gasteiger partial charge in [0, 0.05) is 0 Å². The molecule has 0 aliphatic heterocycles. The fourth-order valence-corrected chi connectivity index (χ4v) is 1.45. The van der Waals surface area contributed by atoms with Crippen LogP contribution in [-0.2, 0) is 34.1 Å². The molecule has 20 heavy (non-hydrogen) atoms. The third-order valence-corrected chi connectivity index (χ3v) is 2.26. The highest BCUT2D eigenvalue weighted by atomic mass is 16.5. The normalized spacial score (nSPS) is 10.0. The second-order valence-corrected chi connectivity index (χ2v) is 3.55. The molecule has 1 N–H and O–H groups in total. The molecule has 1 aromatic heterocycles. The molecule has 0 bridgehead atoms. The van der Waals surface area contributed by atoms with Crippen LogP contribution in [0.3, 0.4) is 0 Å². The Kier molecular flexibility index (Phi) is 4.78. The van der Waals surface area contributed by atoms with E-state index in [1.54, 1.807) is 0 Å². The van der Waals surface area contributed by atoms with E-state index in [-0.39, 0.29) is 13.0 Å². The third kappa shape index (κ3) is 2.91. The summed E-state index contributed by atoms with van der Waals surface area (Å²) in [5.74, 6) is -1.43. The average Bonchev–Trinajstić information content (AvgIpc) is 2.39. The Morgan fingerprint density at radius 1 is 1.15 bits per heavy atom. The van der Waals surface area contributed by atoms with Gasteiger partial charge in [-0.15, -0.1) is 6.58 Å². The van der Waals surface area contributed by atoms with Gasteiger partial charge in [0.05, 0.1) is 6.54 Å². The third-order valence-electron chi connectivity index (χ3n) is 2.26. The number of aliphatic carboxylic acids is 1. The molecule has 0 unspecified atom stereocenters. The van der Waals surface area contributed by atoms with Crippen LogP contribution in [-0.4, -0.2) is 31.2 Å². The summed E-state index contributed by atoms with van der Waals surface area (Å²) in [7, 11) is 0. The van der Waals surface area contributed by atoms with Crippen LogP contribution in [0, 0.1) is 0 Å². The Morgan fingerprint density at radius 3 is 2.20 bits per heavy atom. The second kappa shape index (κ2) is 6.31. The van der Waals surface area contributed by atoms with E-state index in [1.807, 2.05) is 0 Å². The maximum absolute atomic E-state index is 11.9. The molecule has 1 aromatic rings. The van der Waals surface area contributed by atoms with Crippen molar-refractivity contribution >= 4 is 12.4 Å². The lowest BCUT2D eigenvalue weighted by atomic mass is 10.6. The van der Waals surface area contributed by atoms with Gasteiger partial charge in [-0.3, -0.25) is 9.59 Å². The van der Waals surface area contributed by atoms with Crippen LogP contribution >= 0.6 is 0 Å². The highest BCUT2D eigenvalue weighted by Gasteiger charge is 2.16. The number of carboxylic acids is 1. The van der Waals surface area contributed by atoms with Crippen LogP contribution in [0.1, 0.15) is 0 Å². The van der Waals surface area contributed by atoms with Crippen molar-refractivity contribution in [3.05, 3.63) is 44.1 Å². The fourth-order valence-electron chi connectivity index (χ4n) is 1.45. The van der Waals surface area contributed by atoms with Crippen LogP contribution < -0.4 is 17.1 Å². The molecule has 0 aromatic carbocycles. The zero-order valence-electron chi connectivity index (χ0n) is 10.2. The lowest BCUT2D eigenvalue weighted by molar-refractivity contribution is -0.138. The number of hydrogen-bond acceptors (Lipinski definition) is 6.